The fourth-order valence-corrected chi connectivity index (χ4v) is 2.96. The predicted octanol–water partition coefficient (Wildman–Crippen LogP) is 1.59. The number of amides is 1. The summed E-state index contributed by atoms with van der Waals surface area (Å²) in [6, 6.07) is 0. The van der Waals surface area contributed by atoms with Crippen LogP contribution in [-0.2, 0) is 14.3 Å². The number of esters is 1. The van der Waals surface area contributed by atoms with Crippen LogP contribution >= 0.6 is 0 Å². The number of carbonyl (C=O) groups excluding carboxylic acids is 2. The first-order valence-corrected chi connectivity index (χ1v) is 6.56. The van der Waals surface area contributed by atoms with Gasteiger partial charge >= 0.3 is 5.97 Å². The van der Waals surface area contributed by atoms with Gasteiger partial charge in [-0.15, -0.1) is 0 Å². The lowest BCUT2D eigenvalue weighted by Crippen LogP contribution is -2.33. The standard InChI is InChI=1S/C13H21NO3/c1-17-13(16)11-6-4-10(5-7-11)9-14-8-2-3-12(14)15/h10-11H,2-9H2,1H3. The smallest absolute Gasteiger partial charge is 0.308 e. The molecule has 1 aliphatic heterocycles. The van der Waals surface area contributed by atoms with E-state index in [-0.39, 0.29) is 11.9 Å². The zero-order chi connectivity index (χ0) is 12.3. The van der Waals surface area contributed by atoms with Gasteiger partial charge in [0.25, 0.3) is 0 Å². The fourth-order valence-electron chi connectivity index (χ4n) is 2.96. The maximum atomic E-state index is 11.5. The molecule has 0 aromatic rings. The van der Waals surface area contributed by atoms with E-state index in [4.69, 9.17) is 4.74 Å². The van der Waals surface area contributed by atoms with Gasteiger partial charge in [0.05, 0.1) is 13.0 Å². The Morgan fingerprint density at radius 1 is 1.35 bits per heavy atom. The maximum Gasteiger partial charge on any atom is 0.308 e. The quantitative estimate of drug-likeness (QED) is 0.703. The highest BCUT2D eigenvalue weighted by atomic mass is 16.5. The van der Waals surface area contributed by atoms with Crippen molar-refractivity contribution in [1.82, 2.24) is 4.90 Å². The molecule has 0 aromatic carbocycles. The molecule has 1 saturated heterocycles. The van der Waals surface area contributed by atoms with E-state index >= 15 is 0 Å². The van der Waals surface area contributed by atoms with Crippen molar-refractivity contribution in [3.63, 3.8) is 0 Å². The van der Waals surface area contributed by atoms with E-state index in [0.717, 1.165) is 51.6 Å². The topological polar surface area (TPSA) is 46.6 Å². The minimum Gasteiger partial charge on any atom is -0.469 e. The van der Waals surface area contributed by atoms with Crippen molar-refractivity contribution >= 4 is 11.9 Å². The molecule has 0 unspecified atom stereocenters. The molecule has 0 aromatic heterocycles. The molecule has 1 amide bonds. The first-order chi connectivity index (χ1) is 8.20. The highest BCUT2D eigenvalue weighted by Gasteiger charge is 2.29. The van der Waals surface area contributed by atoms with E-state index in [9.17, 15) is 9.59 Å². The van der Waals surface area contributed by atoms with Gasteiger partial charge in [0, 0.05) is 19.5 Å². The van der Waals surface area contributed by atoms with Gasteiger partial charge in [0.2, 0.25) is 5.91 Å². The molecule has 1 saturated carbocycles. The first kappa shape index (κ1) is 12.4. The summed E-state index contributed by atoms with van der Waals surface area (Å²) in [6.45, 7) is 1.82. The third-order valence-electron chi connectivity index (χ3n) is 4.03. The Labute approximate surface area is 102 Å². The number of nitrogens with zero attached hydrogens (tertiary/aromatic N) is 1. The molecule has 2 rings (SSSR count). The van der Waals surface area contributed by atoms with Crippen molar-refractivity contribution in [3.8, 4) is 0 Å². The van der Waals surface area contributed by atoms with Gasteiger partial charge in [0.1, 0.15) is 0 Å². The normalized spacial score (nSPS) is 29.5. The van der Waals surface area contributed by atoms with Crippen LogP contribution in [0.1, 0.15) is 38.5 Å². The third kappa shape index (κ3) is 2.99. The Hall–Kier alpha value is -1.06. The van der Waals surface area contributed by atoms with Crippen LogP contribution in [0, 0.1) is 11.8 Å². The van der Waals surface area contributed by atoms with E-state index in [1.165, 1.54) is 7.11 Å². The Balaban J connectivity index is 1.75. The molecule has 1 aliphatic carbocycles. The van der Waals surface area contributed by atoms with Crippen molar-refractivity contribution in [2.45, 2.75) is 38.5 Å². The molecule has 1 heterocycles. The highest BCUT2D eigenvalue weighted by Crippen LogP contribution is 2.30. The largest absolute Gasteiger partial charge is 0.469 e. The summed E-state index contributed by atoms with van der Waals surface area (Å²) < 4.78 is 4.77. The Kier molecular flexibility index (Phi) is 4.02. The van der Waals surface area contributed by atoms with Crippen molar-refractivity contribution in [2.24, 2.45) is 11.8 Å². The molecule has 0 atom stereocenters. The average molecular weight is 239 g/mol. The lowest BCUT2D eigenvalue weighted by molar-refractivity contribution is -0.147. The fraction of sp³-hybridized carbons (Fsp3) is 0.846. The van der Waals surface area contributed by atoms with E-state index in [0.29, 0.717) is 11.8 Å². The van der Waals surface area contributed by atoms with Crippen LogP contribution in [0.2, 0.25) is 0 Å². The molecular weight excluding hydrogens is 218 g/mol. The van der Waals surface area contributed by atoms with Crippen LogP contribution < -0.4 is 0 Å². The molecule has 96 valence electrons. The number of hydrogen-bond donors (Lipinski definition) is 0. The second kappa shape index (κ2) is 5.52. The summed E-state index contributed by atoms with van der Waals surface area (Å²) in [5, 5.41) is 0. The molecule has 4 nitrogen and oxygen atoms in total. The van der Waals surface area contributed by atoms with Crippen molar-refractivity contribution in [1.29, 1.82) is 0 Å². The summed E-state index contributed by atoms with van der Waals surface area (Å²) in [7, 11) is 1.46. The van der Waals surface area contributed by atoms with Crippen molar-refractivity contribution < 1.29 is 14.3 Å². The van der Waals surface area contributed by atoms with Gasteiger partial charge in [-0.2, -0.15) is 0 Å². The zero-order valence-corrected chi connectivity index (χ0v) is 10.5. The van der Waals surface area contributed by atoms with Crippen molar-refractivity contribution in [2.75, 3.05) is 20.2 Å². The van der Waals surface area contributed by atoms with E-state index < -0.39 is 0 Å². The number of hydrogen-bond acceptors (Lipinski definition) is 3. The minimum absolute atomic E-state index is 0.0688. The lowest BCUT2D eigenvalue weighted by atomic mass is 9.82. The van der Waals surface area contributed by atoms with Crippen LogP contribution in [-0.4, -0.2) is 37.0 Å². The molecular formula is C13H21NO3. The Morgan fingerprint density at radius 2 is 2.06 bits per heavy atom. The monoisotopic (exact) mass is 239 g/mol. The summed E-state index contributed by atoms with van der Waals surface area (Å²) in [5.41, 5.74) is 0. The molecule has 0 spiro atoms. The molecule has 2 fully saturated rings. The second-order valence-electron chi connectivity index (χ2n) is 5.18. The minimum atomic E-state index is -0.0688. The molecule has 0 radical (unpaired) electrons. The van der Waals surface area contributed by atoms with Crippen LogP contribution in [0.25, 0.3) is 0 Å². The maximum absolute atomic E-state index is 11.5. The molecule has 2 aliphatic rings. The van der Waals surface area contributed by atoms with Gasteiger partial charge in [0.15, 0.2) is 0 Å². The van der Waals surface area contributed by atoms with E-state index in [2.05, 4.69) is 0 Å². The van der Waals surface area contributed by atoms with E-state index in [1.54, 1.807) is 0 Å². The van der Waals surface area contributed by atoms with Gasteiger partial charge < -0.3 is 9.64 Å². The number of likely N-dealkylation sites (tertiary alicyclic amines) is 1. The van der Waals surface area contributed by atoms with Crippen LogP contribution in [0.15, 0.2) is 0 Å². The summed E-state index contributed by atoms with van der Waals surface area (Å²) in [4.78, 5) is 24.9. The van der Waals surface area contributed by atoms with Gasteiger partial charge in [-0.05, 0) is 38.0 Å². The number of rotatable bonds is 3. The van der Waals surface area contributed by atoms with Crippen LogP contribution in [0.3, 0.4) is 0 Å². The van der Waals surface area contributed by atoms with Gasteiger partial charge in [-0.1, -0.05) is 0 Å². The summed E-state index contributed by atoms with van der Waals surface area (Å²) in [6.07, 6.45) is 5.65. The average Bonchev–Trinajstić information content (AvgIpc) is 2.75. The Morgan fingerprint density at radius 3 is 2.59 bits per heavy atom. The summed E-state index contributed by atoms with van der Waals surface area (Å²) >= 11 is 0. The van der Waals surface area contributed by atoms with Crippen LogP contribution in [0.4, 0.5) is 0 Å². The molecule has 0 bridgehead atoms. The van der Waals surface area contributed by atoms with Gasteiger partial charge in [-0.25, -0.2) is 0 Å². The first-order valence-electron chi connectivity index (χ1n) is 6.56. The Bertz CT molecular complexity index is 295. The van der Waals surface area contributed by atoms with Gasteiger partial charge in [-0.3, -0.25) is 9.59 Å². The number of ether oxygens (including phenoxy) is 1. The molecule has 4 heteroatoms. The lowest BCUT2D eigenvalue weighted by Gasteiger charge is -2.30. The molecule has 17 heavy (non-hydrogen) atoms. The third-order valence-corrected chi connectivity index (χ3v) is 4.03. The second-order valence-corrected chi connectivity index (χ2v) is 5.18. The number of methoxy groups -OCH3 is 1. The SMILES string of the molecule is COC(=O)C1CCC(CN2CCCC2=O)CC1. The van der Waals surface area contributed by atoms with Crippen LogP contribution in [0.5, 0.6) is 0 Å². The van der Waals surface area contributed by atoms with Crippen molar-refractivity contribution in [3.05, 3.63) is 0 Å². The molecule has 0 N–H and O–H groups in total. The highest BCUT2D eigenvalue weighted by molar-refractivity contribution is 5.78. The van der Waals surface area contributed by atoms with E-state index in [1.807, 2.05) is 4.90 Å². The zero-order valence-electron chi connectivity index (χ0n) is 10.5. The summed E-state index contributed by atoms with van der Waals surface area (Å²) in [5.74, 6) is 0.907. The number of carbonyl (C=O) groups is 2. The predicted molar refractivity (Wildman–Crippen MR) is 63.3 cm³/mol.